The normalized spacial score (nSPS) is 12.5. The van der Waals surface area contributed by atoms with E-state index in [1.54, 1.807) is 0 Å². The van der Waals surface area contributed by atoms with Gasteiger partial charge < -0.3 is 10.2 Å². The average Bonchev–Trinajstić information content (AvgIpc) is 2.15. The number of halogens is 1. The Morgan fingerprint density at radius 1 is 1.00 bits per heavy atom. The Balaban J connectivity index is -0.000000180. The topological polar surface area (TPSA) is 145 Å². The third-order valence-corrected chi connectivity index (χ3v) is 1.10. The molecule has 2 atom stereocenters. The summed E-state index contributed by atoms with van der Waals surface area (Å²) in [6.45, 7) is 2.70. The summed E-state index contributed by atoms with van der Waals surface area (Å²) in [7, 11) is 0. The van der Waals surface area contributed by atoms with Gasteiger partial charge in [0.2, 0.25) is 0 Å². The van der Waals surface area contributed by atoms with E-state index in [4.69, 9.17) is 10.2 Å². The fourth-order valence-corrected chi connectivity index (χ4v) is 0.116. The fraction of sp³-hybridized carbons (Fsp3) is 0.667. The van der Waals surface area contributed by atoms with E-state index in [-0.39, 0.29) is 12.4 Å². The molecule has 8 nitrogen and oxygen atoms in total. The van der Waals surface area contributed by atoms with Crippen molar-refractivity contribution in [1.29, 1.82) is 0 Å². The maximum Gasteiger partial charge on any atom is 0.334 e. The summed E-state index contributed by atoms with van der Waals surface area (Å²) in [4.78, 5) is 27.3. The summed E-state index contributed by atoms with van der Waals surface area (Å²) < 4.78 is 0. The van der Waals surface area contributed by atoms with Crippen LogP contribution in [-0.4, -0.2) is 34.4 Å². The molecule has 0 aromatic carbocycles. The van der Waals surface area contributed by atoms with Crippen molar-refractivity contribution in [2.24, 2.45) is 11.8 Å². The molecule has 6 N–H and O–H groups in total. The molecule has 0 aliphatic carbocycles. The molecular formula is C6H15ClN2O6. The Morgan fingerprint density at radius 3 is 1.20 bits per heavy atom. The lowest BCUT2D eigenvalue weighted by atomic mass is 10.4. The quantitative estimate of drug-likeness (QED) is 0.468. The predicted octanol–water partition coefficient (Wildman–Crippen LogP) is -0.879. The Kier molecular flexibility index (Phi) is 14.6. The molecule has 0 aliphatic rings. The van der Waals surface area contributed by atoms with Gasteiger partial charge in [-0.25, -0.2) is 21.4 Å². The van der Waals surface area contributed by atoms with Crippen molar-refractivity contribution in [3.05, 3.63) is 0 Å². The van der Waals surface area contributed by atoms with Crippen LogP contribution in [0.15, 0.2) is 0 Å². The SMILES string of the molecule is CC(ON)C(=O)O.CC(ON)C(=O)O.Cl. The highest BCUT2D eigenvalue weighted by Gasteiger charge is 2.07. The lowest BCUT2D eigenvalue weighted by molar-refractivity contribution is -0.150. The number of rotatable bonds is 4. The third kappa shape index (κ3) is 13.1. The lowest BCUT2D eigenvalue weighted by Gasteiger charge is -1.97. The maximum absolute atomic E-state index is 9.73. The summed E-state index contributed by atoms with van der Waals surface area (Å²) in [6.07, 6.45) is -1.81. The monoisotopic (exact) mass is 246 g/mol. The predicted molar refractivity (Wildman–Crippen MR) is 52.0 cm³/mol. The minimum Gasteiger partial charge on any atom is -0.479 e. The number of carbonyl (C=O) groups is 2. The van der Waals surface area contributed by atoms with E-state index in [0.717, 1.165) is 0 Å². The van der Waals surface area contributed by atoms with Gasteiger partial charge in [0.05, 0.1) is 0 Å². The molecule has 0 heterocycles. The molecule has 0 saturated heterocycles. The highest BCUT2D eigenvalue weighted by molar-refractivity contribution is 5.85. The number of carboxylic acids is 2. The first-order chi connectivity index (χ1) is 6.36. The van der Waals surface area contributed by atoms with Crippen LogP contribution in [0, 0.1) is 0 Å². The Bertz CT molecular complexity index is 170. The smallest absolute Gasteiger partial charge is 0.334 e. The van der Waals surface area contributed by atoms with Crippen molar-refractivity contribution in [2.45, 2.75) is 26.1 Å². The summed E-state index contributed by atoms with van der Waals surface area (Å²) in [5, 5.41) is 16.0. The van der Waals surface area contributed by atoms with Crippen LogP contribution in [0.4, 0.5) is 0 Å². The van der Waals surface area contributed by atoms with Gasteiger partial charge in [-0.15, -0.1) is 12.4 Å². The first-order valence-corrected chi connectivity index (χ1v) is 3.53. The van der Waals surface area contributed by atoms with E-state index in [1.165, 1.54) is 13.8 Å². The zero-order chi connectivity index (χ0) is 11.7. The Labute approximate surface area is 92.4 Å². The summed E-state index contributed by atoms with van der Waals surface area (Å²) in [6, 6.07) is 0. The van der Waals surface area contributed by atoms with E-state index in [9.17, 15) is 9.59 Å². The van der Waals surface area contributed by atoms with Crippen LogP contribution in [0.25, 0.3) is 0 Å². The minimum absolute atomic E-state index is 0. The molecule has 0 amide bonds. The Hall–Kier alpha value is -0.930. The van der Waals surface area contributed by atoms with Crippen molar-refractivity contribution in [3.8, 4) is 0 Å². The van der Waals surface area contributed by atoms with E-state index in [2.05, 4.69) is 21.5 Å². The molecule has 0 spiro atoms. The second-order valence-electron chi connectivity index (χ2n) is 2.23. The van der Waals surface area contributed by atoms with E-state index < -0.39 is 24.1 Å². The molecule has 0 fully saturated rings. The van der Waals surface area contributed by atoms with Gasteiger partial charge >= 0.3 is 11.9 Å². The molecule has 0 aromatic rings. The second-order valence-corrected chi connectivity index (χ2v) is 2.23. The van der Waals surface area contributed by atoms with Crippen molar-refractivity contribution >= 4 is 24.3 Å². The maximum atomic E-state index is 9.73. The highest BCUT2D eigenvalue weighted by atomic mass is 35.5. The molecular weight excluding hydrogens is 232 g/mol. The van der Waals surface area contributed by atoms with Crippen LogP contribution in [0.2, 0.25) is 0 Å². The summed E-state index contributed by atoms with van der Waals surface area (Å²) in [5.41, 5.74) is 0. The number of carboxylic acid groups (broad SMARTS) is 2. The second kappa shape index (κ2) is 11.1. The molecule has 15 heavy (non-hydrogen) atoms. The number of aliphatic carboxylic acids is 2. The molecule has 2 unspecified atom stereocenters. The van der Waals surface area contributed by atoms with Crippen molar-refractivity contribution in [3.63, 3.8) is 0 Å². The number of nitrogens with two attached hydrogens (primary N) is 2. The van der Waals surface area contributed by atoms with Crippen molar-refractivity contribution in [2.75, 3.05) is 0 Å². The Morgan fingerprint density at radius 2 is 1.20 bits per heavy atom. The molecule has 0 bridgehead atoms. The van der Waals surface area contributed by atoms with Gasteiger partial charge in [-0.05, 0) is 13.8 Å². The minimum atomic E-state index is -1.05. The summed E-state index contributed by atoms with van der Waals surface area (Å²) in [5.74, 6) is 6.88. The van der Waals surface area contributed by atoms with Gasteiger partial charge in [-0.3, -0.25) is 9.68 Å². The van der Waals surface area contributed by atoms with Gasteiger partial charge in [0.15, 0.2) is 12.2 Å². The van der Waals surface area contributed by atoms with Gasteiger partial charge in [0, 0.05) is 0 Å². The van der Waals surface area contributed by atoms with E-state index in [0.29, 0.717) is 0 Å². The zero-order valence-electron chi connectivity index (χ0n) is 8.25. The average molecular weight is 247 g/mol. The molecule has 0 aromatic heterocycles. The van der Waals surface area contributed by atoms with Gasteiger partial charge in [-0.1, -0.05) is 0 Å². The zero-order valence-corrected chi connectivity index (χ0v) is 9.06. The molecule has 0 radical (unpaired) electrons. The molecule has 92 valence electrons. The van der Waals surface area contributed by atoms with Gasteiger partial charge in [0.25, 0.3) is 0 Å². The molecule has 9 heteroatoms. The van der Waals surface area contributed by atoms with Crippen LogP contribution in [-0.2, 0) is 19.3 Å². The van der Waals surface area contributed by atoms with Crippen LogP contribution in [0.3, 0.4) is 0 Å². The first kappa shape index (κ1) is 19.6. The third-order valence-electron chi connectivity index (χ3n) is 1.10. The van der Waals surface area contributed by atoms with Crippen molar-refractivity contribution < 1.29 is 29.5 Å². The van der Waals surface area contributed by atoms with Gasteiger partial charge in [-0.2, -0.15) is 0 Å². The fourth-order valence-electron chi connectivity index (χ4n) is 0.116. The van der Waals surface area contributed by atoms with Crippen LogP contribution < -0.4 is 11.8 Å². The largest absolute Gasteiger partial charge is 0.479 e. The number of hydrogen-bond acceptors (Lipinski definition) is 6. The molecule has 0 aliphatic heterocycles. The van der Waals surface area contributed by atoms with Crippen LogP contribution in [0.1, 0.15) is 13.8 Å². The van der Waals surface area contributed by atoms with Crippen molar-refractivity contribution in [1.82, 2.24) is 0 Å². The summed E-state index contributed by atoms with van der Waals surface area (Å²) >= 11 is 0. The number of hydrogen-bond donors (Lipinski definition) is 4. The first-order valence-electron chi connectivity index (χ1n) is 3.53. The lowest BCUT2D eigenvalue weighted by Crippen LogP contribution is -2.22. The standard InChI is InChI=1S/2C3H7NO3.ClH/c2*1-2(7-4)3(5)6;/h2*2H,4H2,1H3,(H,5,6);1H. The van der Waals surface area contributed by atoms with E-state index >= 15 is 0 Å². The molecule has 0 rings (SSSR count). The van der Waals surface area contributed by atoms with E-state index in [1.807, 2.05) is 0 Å². The highest BCUT2D eigenvalue weighted by Crippen LogP contribution is 1.81. The molecule has 0 saturated carbocycles. The van der Waals surface area contributed by atoms with Crippen LogP contribution >= 0.6 is 12.4 Å². The van der Waals surface area contributed by atoms with Crippen LogP contribution in [0.5, 0.6) is 0 Å². The van der Waals surface area contributed by atoms with Gasteiger partial charge in [0.1, 0.15) is 0 Å².